The monoisotopic (exact) mass is 318 g/mol. The molecule has 0 spiro atoms. The topological polar surface area (TPSA) is 142 Å². The summed E-state index contributed by atoms with van der Waals surface area (Å²) in [5.41, 5.74) is 0. The first kappa shape index (κ1) is 17.1. The molecule has 1 atom stereocenters. The van der Waals surface area contributed by atoms with Gasteiger partial charge in [-0.25, -0.2) is 18.2 Å². The second kappa shape index (κ2) is 6.66. The van der Waals surface area contributed by atoms with Gasteiger partial charge in [-0.1, -0.05) is 13.8 Å². The van der Waals surface area contributed by atoms with Crippen molar-refractivity contribution in [1.82, 2.24) is 20.5 Å². The molecule has 0 aromatic carbocycles. The molecule has 3 N–H and O–H groups in total. The highest BCUT2D eigenvalue weighted by molar-refractivity contribution is 7.90. The maximum atomic E-state index is 11.9. The van der Waals surface area contributed by atoms with Crippen LogP contribution in [0.4, 0.5) is 0 Å². The fraction of sp³-hybridized carbons (Fsp3) is 0.636. The Balaban J connectivity index is 2.74. The Hall–Kier alpha value is -1.97. The second-order valence-corrected chi connectivity index (χ2v) is 7.24. The van der Waals surface area contributed by atoms with Gasteiger partial charge in [-0.05, 0) is 6.42 Å². The number of amides is 1. The highest BCUT2D eigenvalue weighted by Gasteiger charge is 2.24. The summed E-state index contributed by atoms with van der Waals surface area (Å²) >= 11 is 0. The molecule has 21 heavy (non-hydrogen) atoms. The van der Waals surface area contributed by atoms with Crippen LogP contribution in [0.1, 0.15) is 42.6 Å². The number of hydrogen-bond donors (Lipinski definition) is 3. The van der Waals surface area contributed by atoms with Gasteiger partial charge in [0.2, 0.25) is 5.82 Å². The minimum atomic E-state index is -3.31. The van der Waals surface area contributed by atoms with Crippen molar-refractivity contribution in [3.63, 3.8) is 0 Å². The normalized spacial score (nSPS) is 13.1. The van der Waals surface area contributed by atoms with Crippen molar-refractivity contribution in [3.05, 3.63) is 11.6 Å². The number of hydrogen-bond acceptors (Lipinski definition) is 6. The second-order valence-electron chi connectivity index (χ2n) is 4.98. The smallest absolute Gasteiger partial charge is 0.326 e. The Morgan fingerprint density at radius 2 is 2.00 bits per heavy atom. The fourth-order valence-electron chi connectivity index (χ4n) is 1.45. The largest absolute Gasteiger partial charge is 0.480 e. The number of nitrogens with one attached hydrogen (secondary N) is 2. The van der Waals surface area contributed by atoms with Gasteiger partial charge >= 0.3 is 5.97 Å². The van der Waals surface area contributed by atoms with Crippen LogP contribution in [0, 0.1) is 0 Å². The standard InChI is InChI=1S/C11H18N4O5S/c1-6(2)8-13-9(15-14-8)10(16)12-7(11(17)18)4-5-21(3,19)20/h6-7H,4-5H2,1-3H3,(H,12,16)(H,17,18)(H,13,14,15). The summed E-state index contributed by atoms with van der Waals surface area (Å²) in [6.07, 6.45) is 0.777. The molecule has 10 heteroatoms. The Labute approximate surface area is 122 Å². The first-order valence-corrected chi connectivity index (χ1v) is 8.30. The Bertz CT molecular complexity index is 622. The van der Waals surface area contributed by atoms with Crippen molar-refractivity contribution in [2.45, 2.75) is 32.2 Å². The van der Waals surface area contributed by atoms with Gasteiger partial charge in [-0.2, -0.15) is 0 Å². The molecule has 0 radical (unpaired) electrons. The summed E-state index contributed by atoms with van der Waals surface area (Å²) < 4.78 is 22.1. The summed E-state index contributed by atoms with van der Waals surface area (Å²) in [4.78, 5) is 26.8. The van der Waals surface area contributed by atoms with Gasteiger partial charge in [0.05, 0.1) is 5.75 Å². The highest BCUT2D eigenvalue weighted by atomic mass is 32.2. The van der Waals surface area contributed by atoms with Crippen molar-refractivity contribution < 1.29 is 23.1 Å². The first-order valence-electron chi connectivity index (χ1n) is 6.24. The maximum Gasteiger partial charge on any atom is 0.326 e. The molecule has 0 fully saturated rings. The van der Waals surface area contributed by atoms with Crippen molar-refractivity contribution in [1.29, 1.82) is 0 Å². The summed E-state index contributed by atoms with van der Waals surface area (Å²) in [7, 11) is -3.31. The van der Waals surface area contributed by atoms with Gasteiger partial charge in [0.1, 0.15) is 21.7 Å². The van der Waals surface area contributed by atoms with Crippen LogP contribution in [0.5, 0.6) is 0 Å². The molecule has 0 aliphatic heterocycles. The van der Waals surface area contributed by atoms with E-state index in [4.69, 9.17) is 5.11 Å². The number of aliphatic carboxylic acids is 1. The number of carboxylic acid groups (broad SMARTS) is 1. The van der Waals surface area contributed by atoms with Crippen LogP contribution in [0.15, 0.2) is 0 Å². The third kappa shape index (κ3) is 5.50. The number of carbonyl (C=O) groups is 2. The predicted molar refractivity (Wildman–Crippen MR) is 73.7 cm³/mol. The molecule has 118 valence electrons. The molecule has 0 aliphatic carbocycles. The average molecular weight is 318 g/mol. The molecule has 1 unspecified atom stereocenters. The van der Waals surface area contributed by atoms with E-state index in [1.54, 1.807) is 0 Å². The molecule has 9 nitrogen and oxygen atoms in total. The van der Waals surface area contributed by atoms with E-state index in [9.17, 15) is 18.0 Å². The zero-order valence-electron chi connectivity index (χ0n) is 12.0. The molecule has 0 bridgehead atoms. The van der Waals surface area contributed by atoms with E-state index in [1.807, 2.05) is 13.8 Å². The lowest BCUT2D eigenvalue weighted by Crippen LogP contribution is -2.42. The third-order valence-corrected chi connectivity index (χ3v) is 3.61. The molecule has 1 heterocycles. The quantitative estimate of drug-likeness (QED) is 0.617. The van der Waals surface area contributed by atoms with Crippen molar-refractivity contribution >= 4 is 21.7 Å². The summed E-state index contributed by atoms with van der Waals surface area (Å²) in [5, 5.41) is 17.5. The van der Waals surface area contributed by atoms with Crippen LogP contribution in [0.3, 0.4) is 0 Å². The van der Waals surface area contributed by atoms with E-state index >= 15 is 0 Å². The summed E-state index contributed by atoms with van der Waals surface area (Å²) in [5.74, 6) is -2.05. The molecule has 0 aliphatic rings. The van der Waals surface area contributed by atoms with Gasteiger partial charge in [0, 0.05) is 12.2 Å². The molecule has 0 saturated heterocycles. The zero-order chi connectivity index (χ0) is 16.2. The Morgan fingerprint density at radius 1 is 1.38 bits per heavy atom. The zero-order valence-corrected chi connectivity index (χ0v) is 12.8. The van der Waals surface area contributed by atoms with Crippen LogP contribution in [0.2, 0.25) is 0 Å². The fourth-order valence-corrected chi connectivity index (χ4v) is 2.11. The van der Waals surface area contributed by atoms with Crippen molar-refractivity contribution in [2.75, 3.05) is 12.0 Å². The Kier molecular flexibility index (Phi) is 5.41. The van der Waals surface area contributed by atoms with E-state index in [2.05, 4.69) is 20.5 Å². The number of H-pyrrole nitrogens is 1. The number of aromatic amines is 1. The predicted octanol–water partition coefficient (Wildman–Crippen LogP) is -0.454. The van der Waals surface area contributed by atoms with E-state index in [0.717, 1.165) is 6.26 Å². The van der Waals surface area contributed by atoms with Gasteiger partial charge in [0.25, 0.3) is 5.91 Å². The molecular weight excluding hydrogens is 300 g/mol. The summed E-state index contributed by atoms with van der Waals surface area (Å²) in [6, 6.07) is -1.31. The summed E-state index contributed by atoms with van der Waals surface area (Å²) in [6.45, 7) is 3.71. The molecule has 1 rings (SSSR count). The minimum Gasteiger partial charge on any atom is -0.480 e. The van der Waals surface area contributed by atoms with Crippen LogP contribution in [-0.2, 0) is 14.6 Å². The number of carbonyl (C=O) groups excluding carboxylic acids is 1. The number of sulfone groups is 1. The Morgan fingerprint density at radius 3 is 2.43 bits per heavy atom. The highest BCUT2D eigenvalue weighted by Crippen LogP contribution is 2.07. The van der Waals surface area contributed by atoms with E-state index < -0.39 is 27.8 Å². The minimum absolute atomic E-state index is 0.0413. The maximum absolute atomic E-state index is 11.9. The molecular formula is C11H18N4O5S. The lowest BCUT2D eigenvalue weighted by Gasteiger charge is -2.12. The van der Waals surface area contributed by atoms with Crippen LogP contribution in [0.25, 0.3) is 0 Å². The average Bonchev–Trinajstić information content (AvgIpc) is 2.82. The lowest BCUT2D eigenvalue weighted by atomic mass is 10.2. The van der Waals surface area contributed by atoms with Crippen LogP contribution in [-0.4, -0.2) is 58.6 Å². The molecule has 1 aromatic heterocycles. The van der Waals surface area contributed by atoms with Gasteiger partial charge in [-0.15, -0.1) is 5.10 Å². The van der Waals surface area contributed by atoms with Crippen molar-refractivity contribution in [2.24, 2.45) is 0 Å². The van der Waals surface area contributed by atoms with Gasteiger partial charge in [-0.3, -0.25) is 9.89 Å². The SMILES string of the molecule is CC(C)c1nc(C(=O)NC(CCS(C)(=O)=O)C(=O)O)n[nH]1. The number of nitrogens with zero attached hydrogens (tertiary/aromatic N) is 2. The van der Waals surface area contributed by atoms with E-state index in [1.165, 1.54) is 0 Å². The number of aromatic nitrogens is 3. The molecule has 1 amide bonds. The van der Waals surface area contributed by atoms with Gasteiger partial charge < -0.3 is 10.4 Å². The number of rotatable bonds is 7. The molecule has 0 saturated carbocycles. The lowest BCUT2D eigenvalue weighted by molar-refractivity contribution is -0.139. The number of carboxylic acids is 1. The van der Waals surface area contributed by atoms with Gasteiger partial charge in [0.15, 0.2) is 0 Å². The molecule has 1 aromatic rings. The van der Waals surface area contributed by atoms with E-state index in [0.29, 0.717) is 5.82 Å². The third-order valence-electron chi connectivity index (χ3n) is 2.63. The van der Waals surface area contributed by atoms with Crippen LogP contribution >= 0.6 is 0 Å². The van der Waals surface area contributed by atoms with Crippen molar-refractivity contribution in [3.8, 4) is 0 Å². The first-order chi connectivity index (χ1) is 9.60. The van der Waals surface area contributed by atoms with Crippen LogP contribution < -0.4 is 5.32 Å². The van der Waals surface area contributed by atoms with E-state index in [-0.39, 0.29) is 23.9 Å².